The maximum Gasteiger partial charge on any atom is 0.273 e. The number of thiocarbonyl (C=S) groups is 1. The molecule has 0 saturated carbocycles. The Morgan fingerprint density at radius 1 is 1.23 bits per heavy atom. The summed E-state index contributed by atoms with van der Waals surface area (Å²) in [4.78, 5) is 10.3. The summed E-state index contributed by atoms with van der Waals surface area (Å²) in [6.45, 7) is 0. The average Bonchev–Trinajstić information content (AvgIpc) is 2.49. The van der Waals surface area contributed by atoms with Crippen molar-refractivity contribution in [2.75, 3.05) is 17.7 Å². The number of hydrogen-bond donors (Lipinski definition) is 2. The number of nitro groups is 1. The second-order valence-corrected chi connectivity index (χ2v) is 5.02. The standard InChI is InChI=1S/C14H12ClN3O3S/c1-21-13-8-9(18(19)20)6-7-12(13)17-14(22)16-11-5-3-2-4-10(11)15/h2-8H,1H3,(H2,16,17,22). The predicted molar refractivity (Wildman–Crippen MR) is 90.9 cm³/mol. The van der Waals surface area contributed by atoms with Gasteiger partial charge >= 0.3 is 0 Å². The van der Waals surface area contributed by atoms with E-state index in [2.05, 4.69) is 10.6 Å². The van der Waals surface area contributed by atoms with Gasteiger partial charge < -0.3 is 15.4 Å². The van der Waals surface area contributed by atoms with Crippen LogP contribution in [0.1, 0.15) is 0 Å². The first-order chi connectivity index (χ1) is 10.5. The topological polar surface area (TPSA) is 76.4 Å². The van der Waals surface area contributed by atoms with Gasteiger partial charge in [0.25, 0.3) is 5.69 Å². The van der Waals surface area contributed by atoms with E-state index in [0.29, 0.717) is 27.3 Å². The highest BCUT2D eigenvalue weighted by Crippen LogP contribution is 2.29. The molecular weight excluding hydrogens is 326 g/mol. The fraction of sp³-hybridized carbons (Fsp3) is 0.0714. The quantitative estimate of drug-likeness (QED) is 0.497. The molecule has 22 heavy (non-hydrogen) atoms. The third-order valence-corrected chi connectivity index (χ3v) is 3.30. The molecule has 0 fully saturated rings. The third kappa shape index (κ3) is 3.84. The van der Waals surface area contributed by atoms with Crippen LogP contribution in [0.15, 0.2) is 42.5 Å². The van der Waals surface area contributed by atoms with E-state index in [1.807, 2.05) is 12.1 Å². The van der Waals surface area contributed by atoms with E-state index in [4.69, 9.17) is 28.6 Å². The van der Waals surface area contributed by atoms with Gasteiger partial charge in [-0.3, -0.25) is 10.1 Å². The molecule has 6 nitrogen and oxygen atoms in total. The second-order valence-electron chi connectivity index (χ2n) is 4.20. The van der Waals surface area contributed by atoms with Crippen LogP contribution in [0.5, 0.6) is 5.75 Å². The Bertz CT molecular complexity index is 724. The third-order valence-electron chi connectivity index (χ3n) is 2.77. The van der Waals surface area contributed by atoms with Crippen molar-refractivity contribution in [1.82, 2.24) is 0 Å². The van der Waals surface area contributed by atoms with Crippen molar-refractivity contribution >= 4 is 46.0 Å². The lowest BCUT2D eigenvalue weighted by atomic mass is 10.2. The minimum Gasteiger partial charge on any atom is -0.494 e. The maximum atomic E-state index is 10.8. The van der Waals surface area contributed by atoms with Crippen molar-refractivity contribution in [2.24, 2.45) is 0 Å². The molecule has 0 radical (unpaired) electrons. The number of anilines is 2. The molecule has 0 aliphatic heterocycles. The SMILES string of the molecule is COc1cc([N+](=O)[O-])ccc1NC(=S)Nc1ccccc1Cl. The molecule has 0 amide bonds. The zero-order valence-electron chi connectivity index (χ0n) is 11.5. The summed E-state index contributed by atoms with van der Waals surface area (Å²) in [5, 5.41) is 17.4. The van der Waals surface area contributed by atoms with Gasteiger partial charge in [-0.2, -0.15) is 0 Å². The number of hydrogen-bond acceptors (Lipinski definition) is 4. The Labute approximate surface area is 137 Å². The first-order valence-corrected chi connectivity index (χ1v) is 6.95. The van der Waals surface area contributed by atoms with Gasteiger partial charge in [0.2, 0.25) is 0 Å². The average molecular weight is 338 g/mol. The number of halogens is 1. The Balaban J connectivity index is 2.15. The molecule has 0 unspecified atom stereocenters. The lowest BCUT2D eigenvalue weighted by Crippen LogP contribution is -2.19. The summed E-state index contributed by atoms with van der Waals surface area (Å²) in [5.74, 6) is 0.317. The molecule has 8 heteroatoms. The number of benzene rings is 2. The smallest absolute Gasteiger partial charge is 0.273 e. The van der Waals surface area contributed by atoms with Crippen molar-refractivity contribution < 1.29 is 9.66 Å². The van der Waals surface area contributed by atoms with Gasteiger partial charge in [-0.1, -0.05) is 23.7 Å². The van der Waals surface area contributed by atoms with Crippen molar-refractivity contribution in [2.45, 2.75) is 0 Å². The molecule has 2 N–H and O–H groups in total. The summed E-state index contributed by atoms with van der Waals surface area (Å²) in [7, 11) is 1.43. The summed E-state index contributed by atoms with van der Waals surface area (Å²) >= 11 is 11.2. The van der Waals surface area contributed by atoms with E-state index in [-0.39, 0.29) is 5.69 Å². The van der Waals surface area contributed by atoms with Crippen molar-refractivity contribution in [1.29, 1.82) is 0 Å². The predicted octanol–water partition coefficient (Wildman–Crippen LogP) is 4.07. The van der Waals surface area contributed by atoms with Crippen LogP contribution >= 0.6 is 23.8 Å². The summed E-state index contributed by atoms with van der Waals surface area (Å²) in [6.07, 6.45) is 0. The Morgan fingerprint density at radius 3 is 2.55 bits per heavy atom. The lowest BCUT2D eigenvalue weighted by molar-refractivity contribution is -0.384. The van der Waals surface area contributed by atoms with Crippen LogP contribution in [0.3, 0.4) is 0 Å². The monoisotopic (exact) mass is 337 g/mol. The maximum absolute atomic E-state index is 10.8. The molecule has 0 spiro atoms. The van der Waals surface area contributed by atoms with E-state index in [1.54, 1.807) is 12.1 Å². The number of non-ortho nitro benzene ring substituents is 1. The Kier molecular flexibility index (Phi) is 5.13. The summed E-state index contributed by atoms with van der Waals surface area (Å²) < 4.78 is 5.13. The van der Waals surface area contributed by atoms with Crippen LogP contribution in [0.4, 0.5) is 17.1 Å². The highest BCUT2D eigenvalue weighted by atomic mass is 35.5. The molecule has 2 rings (SSSR count). The van der Waals surface area contributed by atoms with Gasteiger partial charge in [0.1, 0.15) is 5.75 Å². The van der Waals surface area contributed by atoms with Gasteiger partial charge in [-0.25, -0.2) is 0 Å². The molecule has 0 aliphatic rings. The highest BCUT2D eigenvalue weighted by Gasteiger charge is 2.12. The van der Waals surface area contributed by atoms with Crippen LogP contribution in [0.25, 0.3) is 0 Å². The van der Waals surface area contributed by atoms with Gasteiger partial charge in [0.05, 0.1) is 34.5 Å². The van der Waals surface area contributed by atoms with Gasteiger partial charge in [-0.05, 0) is 30.4 Å². The zero-order chi connectivity index (χ0) is 16.1. The molecule has 2 aromatic rings. The minimum absolute atomic E-state index is 0.0626. The van der Waals surface area contributed by atoms with Crippen LogP contribution in [-0.2, 0) is 0 Å². The molecule has 0 heterocycles. The number of ether oxygens (including phenoxy) is 1. The first-order valence-electron chi connectivity index (χ1n) is 6.16. The zero-order valence-corrected chi connectivity index (χ0v) is 13.1. The molecule has 0 aliphatic carbocycles. The number of para-hydroxylation sites is 1. The molecule has 0 atom stereocenters. The minimum atomic E-state index is -0.493. The Morgan fingerprint density at radius 2 is 1.91 bits per heavy atom. The van der Waals surface area contributed by atoms with E-state index in [9.17, 15) is 10.1 Å². The van der Waals surface area contributed by atoms with Crippen molar-refractivity contribution in [3.63, 3.8) is 0 Å². The Hall–Kier alpha value is -2.38. The van der Waals surface area contributed by atoms with Crippen molar-refractivity contribution in [3.8, 4) is 5.75 Å². The normalized spacial score (nSPS) is 9.91. The van der Waals surface area contributed by atoms with Crippen molar-refractivity contribution in [3.05, 3.63) is 57.6 Å². The number of nitro benzene ring substituents is 1. The van der Waals surface area contributed by atoms with E-state index in [1.165, 1.54) is 25.3 Å². The van der Waals surface area contributed by atoms with E-state index >= 15 is 0 Å². The summed E-state index contributed by atoms with van der Waals surface area (Å²) in [5.41, 5.74) is 1.10. The first kappa shape index (κ1) is 16.0. The second kappa shape index (κ2) is 7.06. The van der Waals surface area contributed by atoms with Gasteiger partial charge in [0, 0.05) is 6.07 Å². The summed E-state index contributed by atoms with van der Waals surface area (Å²) in [6, 6.07) is 11.4. The van der Waals surface area contributed by atoms with Gasteiger partial charge in [0.15, 0.2) is 5.11 Å². The molecule has 0 saturated heterocycles. The lowest BCUT2D eigenvalue weighted by Gasteiger charge is -2.14. The van der Waals surface area contributed by atoms with E-state index < -0.39 is 4.92 Å². The molecule has 0 aromatic heterocycles. The van der Waals surface area contributed by atoms with Crippen LogP contribution in [0, 0.1) is 10.1 Å². The molecule has 0 bridgehead atoms. The van der Waals surface area contributed by atoms with Crippen LogP contribution in [-0.4, -0.2) is 17.1 Å². The van der Waals surface area contributed by atoms with Crippen LogP contribution < -0.4 is 15.4 Å². The fourth-order valence-electron chi connectivity index (χ4n) is 1.74. The molecule has 2 aromatic carbocycles. The number of nitrogens with one attached hydrogen (secondary N) is 2. The molecule has 114 valence electrons. The van der Waals surface area contributed by atoms with Crippen LogP contribution in [0.2, 0.25) is 5.02 Å². The van der Waals surface area contributed by atoms with Gasteiger partial charge in [-0.15, -0.1) is 0 Å². The molecular formula is C14H12ClN3O3S. The number of methoxy groups -OCH3 is 1. The number of rotatable bonds is 4. The van der Waals surface area contributed by atoms with E-state index in [0.717, 1.165) is 0 Å². The fourth-order valence-corrected chi connectivity index (χ4v) is 2.14. The number of nitrogens with zero attached hydrogens (tertiary/aromatic N) is 1. The highest BCUT2D eigenvalue weighted by molar-refractivity contribution is 7.80. The largest absolute Gasteiger partial charge is 0.494 e.